The topological polar surface area (TPSA) is 47.3 Å². The number of nitrogens with two attached hydrogens (primary N) is 1. The highest BCUT2D eigenvalue weighted by molar-refractivity contribution is 5.08. The fourth-order valence-corrected chi connectivity index (χ4v) is 3.40. The zero-order valence-electron chi connectivity index (χ0n) is 12.4. The molecule has 2 atom stereocenters. The van der Waals surface area contributed by atoms with E-state index in [2.05, 4.69) is 18.3 Å². The third-order valence-electron chi connectivity index (χ3n) is 4.64. The molecule has 2 unspecified atom stereocenters. The second kappa shape index (κ2) is 7.41. The molecule has 1 fully saturated rings. The predicted molar refractivity (Wildman–Crippen MR) is 80.2 cm³/mol. The van der Waals surface area contributed by atoms with Gasteiger partial charge in [0, 0.05) is 18.7 Å². The van der Waals surface area contributed by atoms with Gasteiger partial charge in [-0.15, -0.1) is 0 Å². The van der Waals surface area contributed by atoms with Crippen molar-refractivity contribution in [1.82, 2.24) is 5.32 Å². The summed E-state index contributed by atoms with van der Waals surface area (Å²) in [6.45, 7) is 4.89. The molecular weight excluding hydrogens is 236 g/mol. The molecule has 1 aliphatic carbocycles. The van der Waals surface area contributed by atoms with Crippen molar-refractivity contribution >= 4 is 0 Å². The average molecular weight is 266 g/mol. The van der Waals surface area contributed by atoms with Crippen LogP contribution >= 0.6 is 0 Å². The molecule has 0 aromatic rings. The highest BCUT2D eigenvalue weighted by Crippen LogP contribution is 2.27. The Morgan fingerprint density at radius 2 is 2.42 bits per heavy atom. The lowest BCUT2D eigenvalue weighted by molar-refractivity contribution is -0.0304. The second-order valence-electron chi connectivity index (χ2n) is 6.15. The lowest BCUT2D eigenvalue weighted by Gasteiger charge is -2.41. The van der Waals surface area contributed by atoms with Crippen LogP contribution in [0.5, 0.6) is 0 Å². The third-order valence-corrected chi connectivity index (χ3v) is 4.64. The molecule has 0 aromatic carbocycles. The van der Waals surface area contributed by atoms with E-state index >= 15 is 0 Å². The van der Waals surface area contributed by atoms with Crippen molar-refractivity contribution in [1.29, 1.82) is 0 Å². The molecule has 0 bridgehead atoms. The maximum atomic E-state index is 6.06. The van der Waals surface area contributed by atoms with E-state index in [0.29, 0.717) is 6.10 Å². The molecule has 1 saturated heterocycles. The largest absolute Gasteiger partial charge is 0.378 e. The van der Waals surface area contributed by atoms with Gasteiger partial charge in [-0.05, 0) is 51.5 Å². The van der Waals surface area contributed by atoms with Crippen molar-refractivity contribution in [3.05, 3.63) is 11.6 Å². The first kappa shape index (κ1) is 15.0. The molecule has 0 amide bonds. The monoisotopic (exact) mass is 266 g/mol. The molecule has 3 heteroatoms. The molecule has 110 valence electrons. The summed E-state index contributed by atoms with van der Waals surface area (Å²) in [5.41, 5.74) is 7.82. The van der Waals surface area contributed by atoms with Gasteiger partial charge in [-0.2, -0.15) is 0 Å². The molecule has 0 saturated carbocycles. The van der Waals surface area contributed by atoms with E-state index in [4.69, 9.17) is 10.5 Å². The molecular formula is C16H30N2O. The summed E-state index contributed by atoms with van der Waals surface area (Å²) in [6, 6.07) is 0. The maximum Gasteiger partial charge on any atom is 0.0593 e. The molecule has 0 radical (unpaired) electrons. The zero-order valence-corrected chi connectivity index (χ0v) is 12.4. The minimum absolute atomic E-state index is 0.122. The van der Waals surface area contributed by atoms with E-state index in [1.807, 2.05) is 0 Å². The molecule has 2 rings (SSSR count). The number of ether oxygens (including phenoxy) is 1. The van der Waals surface area contributed by atoms with Gasteiger partial charge in [0.05, 0.1) is 6.10 Å². The SMILES string of the molecule is CCCC1CC(CN)(NCCC2=CCCC2)CCO1. The molecule has 1 aliphatic heterocycles. The van der Waals surface area contributed by atoms with Gasteiger partial charge in [-0.1, -0.05) is 25.0 Å². The molecule has 2 aliphatic rings. The standard InChI is InChI=1S/C16H30N2O/c1-2-5-15-12-16(13-17,9-11-19-15)18-10-8-14-6-3-4-7-14/h6,15,18H,2-5,7-13,17H2,1H3. The fourth-order valence-electron chi connectivity index (χ4n) is 3.40. The van der Waals surface area contributed by atoms with Crippen molar-refractivity contribution in [2.75, 3.05) is 19.7 Å². The normalized spacial score (nSPS) is 31.5. The van der Waals surface area contributed by atoms with Crippen LogP contribution in [0.25, 0.3) is 0 Å². The number of nitrogens with one attached hydrogen (secondary N) is 1. The molecule has 1 heterocycles. The molecule has 19 heavy (non-hydrogen) atoms. The highest BCUT2D eigenvalue weighted by Gasteiger charge is 2.34. The van der Waals surface area contributed by atoms with Crippen LogP contribution in [-0.4, -0.2) is 31.3 Å². The molecule has 3 nitrogen and oxygen atoms in total. The first-order valence-corrected chi connectivity index (χ1v) is 8.02. The van der Waals surface area contributed by atoms with Crippen LogP contribution in [0, 0.1) is 0 Å². The Kier molecular flexibility index (Phi) is 5.86. The summed E-state index contributed by atoms with van der Waals surface area (Å²) in [5, 5.41) is 3.75. The van der Waals surface area contributed by atoms with Gasteiger partial charge in [-0.3, -0.25) is 0 Å². The average Bonchev–Trinajstić information content (AvgIpc) is 2.93. The maximum absolute atomic E-state index is 6.06. The first-order chi connectivity index (χ1) is 9.28. The fraction of sp³-hybridized carbons (Fsp3) is 0.875. The zero-order chi connectivity index (χ0) is 13.6. The molecule has 0 aromatic heterocycles. The van der Waals surface area contributed by atoms with Crippen molar-refractivity contribution in [2.24, 2.45) is 5.73 Å². The highest BCUT2D eigenvalue weighted by atomic mass is 16.5. The Morgan fingerprint density at radius 3 is 3.11 bits per heavy atom. The van der Waals surface area contributed by atoms with Crippen molar-refractivity contribution in [3.63, 3.8) is 0 Å². The van der Waals surface area contributed by atoms with Crippen LogP contribution in [0.1, 0.15) is 58.3 Å². The Labute approximate surface area is 118 Å². The number of allylic oxidation sites excluding steroid dienone is 1. The number of hydrogen-bond donors (Lipinski definition) is 2. The van der Waals surface area contributed by atoms with Gasteiger partial charge in [0.2, 0.25) is 0 Å². The van der Waals surface area contributed by atoms with Gasteiger partial charge < -0.3 is 15.8 Å². The van der Waals surface area contributed by atoms with Crippen molar-refractivity contribution in [2.45, 2.75) is 69.9 Å². The lowest BCUT2D eigenvalue weighted by atomic mass is 9.85. The van der Waals surface area contributed by atoms with Crippen LogP contribution < -0.4 is 11.1 Å². The summed E-state index contributed by atoms with van der Waals surface area (Å²) < 4.78 is 5.85. The van der Waals surface area contributed by atoms with E-state index in [0.717, 1.165) is 39.0 Å². The molecule has 0 spiro atoms. The summed E-state index contributed by atoms with van der Waals surface area (Å²) in [4.78, 5) is 0. The van der Waals surface area contributed by atoms with Gasteiger partial charge >= 0.3 is 0 Å². The summed E-state index contributed by atoms with van der Waals surface area (Å²) in [5.74, 6) is 0. The van der Waals surface area contributed by atoms with E-state index < -0.39 is 0 Å². The number of hydrogen-bond acceptors (Lipinski definition) is 3. The number of rotatable bonds is 7. The summed E-state index contributed by atoms with van der Waals surface area (Å²) in [6.07, 6.45) is 12.4. The van der Waals surface area contributed by atoms with Crippen molar-refractivity contribution in [3.8, 4) is 0 Å². The van der Waals surface area contributed by atoms with E-state index in [1.165, 1.54) is 32.1 Å². The van der Waals surface area contributed by atoms with Gasteiger partial charge in [-0.25, -0.2) is 0 Å². The van der Waals surface area contributed by atoms with Crippen molar-refractivity contribution < 1.29 is 4.74 Å². The quantitative estimate of drug-likeness (QED) is 0.697. The van der Waals surface area contributed by atoms with Crippen LogP contribution in [0.2, 0.25) is 0 Å². The van der Waals surface area contributed by atoms with Gasteiger partial charge in [0.15, 0.2) is 0 Å². The van der Waals surface area contributed by atoms with Crippen LogP contribution in [0.3, 0.4) is 0 Å². The van der Waals surface area contributed by atoms with Gasteiger partial charge in [0.1, 0.15) is 0 Å². The van der Waals surface area contributed by atoms with E-state index in [1.54, 1.807) is 5.57 Å². The molecule has 3 N–H and O–H groups in total. The summed E-state index contributed by atoms with van der Waals surface area (Å²) >= 11 is 0. The Hall–Kier alpha value is -0.380. The first-order valence-electron chi connectivity index (χ1n) is 8.02. The van der Waals surface area contributed by atoms with Crippen LogP contribution in [-0.2, 0) is 4.74 Å². The minimum atomic E-state index is 0.122. The second-order valence-corrected chi connectivity index (χ2v) is 6.15. The lowest BCUT2D eigenvalue weighted by Crippen LogP contribution is -2.56. The third kappa shape index (κ3) is 4.30. The minimum Gasteiger partial charge on any atom is -0.378 e. The van der Waals surface area contributed by atoms with E-state index in [-0.39, 0.29) is 5.54 Å². The van der Waals surface area contributed by atoms with E-state index in [9.17, 15) is 0 Å². The Bertz CT molecular complexity index is 301. The van der Waals surface area contributed by atoms with Gasteiger partial charge in [0.25, 0.3) is 0 Å². The Balaban J connectivity index is 1.79. The summed E-state index contributed by atoms with van der Waals surface area (Å²) in [7, 11) is 0. The van der Waals surface area contributed by atoms with Crippen LogP contribution in [0.4, 0.5) is 0 Å². The predicted octanol–water partition coefficient (Wildman–Crippen LogP) is 2.75. The smallest absolute Gasteiger partial charge is 0.0593 e. The van der Waals surface area contributed by atoms with Crippen LogP contribution in [0.15, 0.2) is 11.6 Å². The Morgan fingerprint density at radius 1 is 1.53 bits per heavy atom.